The van der Waals surface area contributed by atoms with Gasteiger partial charge in [0.05, 0.1) is 10.5 Å². The Bertz CT molecular complexity index is 1180. The number of benzene rings is 2. The average molecular weight is 460 g/mol. The molecule has 3 rings (SSSR count). The molecule has 0 aliphatic carbocycles. The Morgan fingerprint density at radius 3 is 2.56 bits per heavy atom. The van der Waals surface area contributed by atoms with Crippen molar-refractivity contribution >= 4 is 15.9 Å². The van der Waals surface area contributed by atoms with Gasteiger partial charge in [-0.05, 0) is 38.5 Å². The lowest BCUT2D eigenvalue weighted by atomic mass is 10.1. The lowest BCUT2D eigenvalue weighted by Crippen LogP contribution is -2.31. The van der Waals surface area contributed by atoms with E-state index < -0.39 is 21.7 Å². The molecule has 0 spiro atoms. The van der Waals surface area contributed by atoms with Gasteiger partial charge in [0.25, 0.3) is 5.91 Å². The summed E-state index contributed by atoms with van der Waals surface area (Å²) in [7, 11) is -2.29. The molecule has 32 heavy (non-hydrogen) atoms. The first-order valence-electron chi connectivity index (χ1n) is 10.3. The molecule has 2 aromatic carbocycles. The van der Waals surface area contributed by atoms with Crippen molar-refractivity contribution in [3.8, 4) is 11.3 Å². The monoisotopic (exact) mass is 459 g/mol. The Balaban J connectivity index is 1.62. The number of hydrogen-bond acceptors (Lipinski definition) is 5. The van der Waals surface area contributed by atoms with Gasteiger partial charge in [-0.15, -0.1) is 0 Å². The van der Waals surface area contributed by atoms with Gasteiger partial charge in [-0.1, -0.05) is 35.5 Å². The summed E-state index contributed by atoms with van der Waals surface area (Å²) in [5, 5.41) is 4.06. The molecule has 1 aromatic heterocycles. The Morgan fingerprint density at radius 1 is 1.16 bits per heavy atom. The zero-order valence-electron chi connectivity index (χ0n) is 18.2. The van der Waals surface area contributed by atoms with E-state index in [1.54, 1.807) is 20.9 Å². The van der Waals surface area contributed by atoms with E-state index >= 15 is 0 Å². The van der Waals surface area contributed by atoms with Gasteiger partial charge in [-0.2, -0.15) is 0 Å². The fourth-order valence-electron chi connectivity index (χ4n) is 3.19. The zero-order chi connectivity index (χ0) is 23.3. The van der Waals surface area contributed by atoms with Gasteiger partial charge in [0.1, 0.15) is 17.3 Å². The van der Waals surface area contributed by atoms with Crippen LogP contribution in [0.25, 0.3) is 11.3 Å². The molecular weight excluding hydrogens is 433 g/mol. The second-order valence-electron chi connectivity index (χ2n) is 7.79. The van der Waals surface area contributed by atoms with Gasteiger partial charge >= 0.3 is 0 Å². The van der Waals surface area contributed by atoms with Crippen LogP contribution in [0.5, 0.6) is 0 Å². The molecule has 0 saturated carbocycles. The molecule has 0 bridgehead atoms. The van der Waals surface area contributed by atoms with Crippen LogP contribution in [0.4, 0.5) is 4.39 Å². The number of carbonyl (C=O) groups excluding carboxylic acids is 1. The first-order valence-corrected chi connectivity index (χ1v) is 11.7. The van der Waals surface area contributed by atoms with E-state index in [-0.39, 0.29) is 16.5 Å². The van der Waals surface area contributed by atoms with Crippen molar-refractivity contribution in [2.45, 2.75) is 37.6 Å². The van der Waals surface area contributed by atoms with Crippen LogP contribution in [-0.2, 0) is 16.4 Å². The van der Waals surface area contributed by atoms with Crippen LogP contribution in [-0.4, -0.2) is 44.0 Å². The third-order valence-electron chi connectivity index (χ3n) is 4.76. The van der Waals surface area contributed by atoms with E-state index in [1.807, 2.05) is 36.4 Å². The zero-order valence-corrected chi connectivity index (χ0v) is 19.0. The highest BCUT2D eigenvalue weighted by molar-refractivity contribution is 7.89. The van der Waals surface area contributed by atoms with Crippen molar-refractivity contribution in [1.82, 2.24) is 14.8 Å². The highest BCUT2D eigenvalue weighted by Crippen LogP contribution is 2.20. The lowest BCUT2D eigenvalue weighted by Gasteiger charge is -2.18. The average Bonchev–Trinajstić information content (AvgIpc) is 3.22. The van der Waals surface area contributed by atoms with E-state index in [2.05, 4.69) is 9.88 Å². The quantitative estimate of drug-likeness (QED) is 0.524. The minimum Gasteiger partial charge on any atom is -0.361 e. The maximum atomic E-state index is 14.3. The van der Waals surface area contributed by atoms with Gasteiger partial charge < -0.3 is 9.42 Å². The molecule has 170 valence electrons. The predicted octanol–water partition coefficient (Wildman–Crippen LogP) is 3.87. The number of aryl methyl sites for hydroxylation is 1. The Hall–Kier alpha value is -3.04. The summed E-state index contributed by atoms with van der Waals surface area (Å²) < 4.78 is 46.8. The highest BCUT2D eigenvalue weighted by atomic mass is 32.2. The number of halogens is 1. The highest BCUT2D eigenvalue weighted by Gasteiger charge is 2.22. The van der Waals surface area contributed by atoms with E-state index in [9.17, 15) is 17.6 Å². The van der Waals surface area contributed by atoms with Crippen molar-refractivity contribution in [2.24, 2.45) is 0 Å². The van der Waals surface area contributed by atoms with Gasteiger partial charge in [-0.3, -0.25) is 4.79 Å². The smallest absolute Gasteiger partial charge is 0.256 e. The summed E-state index contributed by atoms with van der Waals surface area (Å²) in [6, 6.07) is 14.4. The SMILES string of the molecule is CC(C)NS(=O)(=O)c1ccc(F)c(C(=O)N(C)CCCc2cc(-c3ccccc3)no2)c1. The van der Waals surface area contributed by atoms with Crippen LogP contribution in [0.3, 0.4) is 0 Å². The first-order chi connectivity index (χ1) is 15.2. The summed E-state index contributed by atoms with van der Waals surface area (Å²) >= 11 is 0. The van der Waals surface area contributed by atoms with Crippen molar-refractivity contribution in [2.75, 3.05) is 13.6 Å². The van der Waals surface area contributed by atoms with Crippen LogP contribution in [0, 0.1) is 5.82 Å². The van der Waals surface area contributed by atoms with Gasteiger partial charge in [0.15, 0.2) is 0 Å². The van der Waals surface area contributed by atoms with Crippen molar-refractivity contribution < 1.29 is 22.1 Å². The molecule has 0 fully saturated rings. The molecule has 0 aliphatic rings. The molecule has 0 saturated heterocycles. The maximum absolute atomic E-state index is 14.3. The van der Waals surface area contributed by atoms with Crippen LogP contribution in [0.15, 0.2) is 64.0 Å². The molecule has 1 N–H and O–H groups in total. The Morgan fingerprint density at radius 2 is 1.88 bits per heavy atom. The largest absolute Gasteiger partial charge is 0.361 e. The third kappa shape index (κ3) is 5.80. The predicted molar refractivity (Wildman–Crippen MR) is 119 cm³/mol. The van der Waals surface area contributed by atoms with E-state index in [0.717, 1.165) is 29.5 Å². The minimum absolute atomic E-state index is 0.153. The molecule has 0 aliphatic heterocycles. The van der Waals surface area contributed by atoms with E-state index in [1.165, 1.54) is 4.90 Å². The topological polar surface area (TPSA) is 92.5 Å². The molecule has 9 heteroatoms. The fourth-order valence-corrected chi connectivity index (χ4v) is 4.46. The standard InChI is InChI=1S/C23H26FN3O4S/c1-16(2)26-32(29,30)19-11-12-21(24)20(15-19)23(28)27(3)13-7-10-18-14-22(25-31-18)17-8-5-4-6-9-17/h4-6,8-9,11-12,14-16,26H,7,10,13H2,1-3H3. The number of aromatic nitrogens is 1. The maximum Gasteiger partial charge on any atom is 0.256 e. The van der Waals surface area contributed by atoms with Crippen LogP contribution < -0.4 is 4.72 Å². The van der Waals surface area contributed by atoms with Gasteiger partial charge in [0.2, 0.25) is 10.0 Å². The number of nitrogens with one attached hydrogen (secondary N) is 1. The second kappa shape index (κ2) is 10.1. The number of rotatable bonds is 9. The van der Waals surface area contributed by atoms with Crippen LogP contribution in [0.2, 0.25) is 0 Å². The first kappa shape index (κ1) is 23.6. The summed E-state index contributed by atoms with van der Waals surface area (Å²) in [5.41, 5.74) is 1.40. The summed E-state index contributed by atoms with van der Waals surface area (Å²) in [6.07, 6.45) is 1.12. The van der Waals surface area contributed by atoms with Crippen LogP contribution >= 0.6 is 0 Å². The summed E-state index contributed by atoms with van der Waals surface area (Å²) in [5.74, 6) is -0.677. The second-order valence-corrected chi connectivity index (χ2v) is 9.51. The van der Waals surface area contributed by atoms with E-state index in [4.69, 9.17) is 4.52 Å². The minimum atomic E-state index is -3.84. The van der Waals surface area contributed by atoms with Crippen molar-refractivity contribution in [1.29, 1.82) is 0 Å². The fraction of sp³-hybridized carbons (Fsp3) is 0.304. The molecule has 0 atom stereocenters. The van der Waals surface area contributed by atoms with Crippen LogP contribution in [0.1, 0.15) is 36.4 Å². The third-order valence-corrected chi connectivity index (χ3v) is 6.42. The number of hydrogen-bond donors (Lipinski definition) is 1. The number of carbonyl (C=O) groups is 1. The Kier molecular flexibility index (Phi) is 7.42. The molecule has 3 aromatic rings. The van der Waals surface area contributed by atoms with Gasteiger partial charge in [-0.25, -0.2) is 17.5 Å². The molecular formula is C23H26FN3O4S. The molecule has 1 heterocycles. The number of nitrogens with zero attached hydrogens (tertiary/aromatic N) is 2. The van der Waals surface area contributed by atoms with Crippen molar-refractivity contribution in [3.63, 3.8) is 0 Å². The lowest BCUT2D eigenvalue weighted by molar-refractivity contribution is 0.0788. The van der Waals surface area contributed by atoms with Crippen molar-refractivity contribution in [3.05, 3.63) is 71.7 Å². The molecule has 0 radical (unpaired) electrons. The number of amides is 1. The normalized spacial score (nSPS) is 11.7. The molecule has 0 unspecified atom stereocenters. The molecule has 7 nitrogen and oxygen atoms in total. The molecule has 1 amide bonds. The van der Waals surface area contributed by atoms with Gasteiger partial charge in [0, 0.05) is 37.7 Å². The Labute approximate surface area is 187 Å². The number of sulfonamides is 1. The van der Waals surface area contributed by atoms with E-state index in [0.29, 0.717) is 25.1 Å². The summed E-state index contributed by atoms with van der Waals surface area (Å²) in [4.78, 5) is 13.9. The summed E-state index contributed by atoms with van der Waals surface area (Å²) in [6.45, 7) is 3.69.